The minimum atomic E-state index is -1.93. The standard InChI is InChI=1S/C14H13N2O3P/c15-14(17)16-12-6-8-13(9-7-12)20(18)19-10-11-4-2-1-3-5-11/h1-9H,10H2,(H2-,15,16,17,18)/p+1. The molecule has 0 radical (unpaired) electrons. The summed E-state index contributed by atoms with van der Waals surface area (Å²) in [4.78, 5) is 10.7. The van der Waals surface area contributed by atoms with E-state index in [1.54, 1.807) is 24.3 Å². The Kier molecular flexibility index (Phi) is 4.82. The number of amides is 2. The van der Waals surface area contributed by atoms with Gasteiger partial charge in [-0.25, -0.2) is 4.79 Å². The molecule has 0 fully saturated rings. The molecule has 2 amide bonds. The average Bonchev–Trinajstić information content (AvgIpc) is 2.46. The van der Waals surface area contributed by atoms with Gasteiger partial charge in [0.25, 0.3) is 0 Å². The lowest BCUT2D eigenvalue weighted by molar-refractivity contribution is 0.259. The second kappa shape index (κ2) is 6.80. The quantitative estimate of drug-likeness (QED) is 0.830. The van der Waals surface area contributed by atoms with Crippen molar-refractivity contribution >= 4 is 25.1 Å². The Morgan fingerprint density at radius 2 is 1.75 bits per heavy atom. The molecule has 0 spiro atoms. The van der Waals surface area contributed by atoms with Gasteiger partial charge in [-0.2, -0.15) is 0 Å². The number of urea groups is 1. The fourth-order valence-corrected chi connectivity index (χ4v) is 2.40. The van der Waals surface area contributed by atoms with E-state index in [0.29, 0.717) is 11.0 Å². The molecule has 20 heavy (non-hydrogen) atoms. The largest absolute Gasteiger partial charge is 0.549 e. The van der Waals surface area contributed by atoms with Crippen LogP contribution >= 0.6 is 8.03 Å². The molecule has 0 bridgehead atoms. The molecule has 6 heteroatoms. The summed E-state index contributed by atoms with van der Waals surface area (Å²) in [7, 11) is -1.93. The van der Waals surface area contributed by atoms with E-state index >= 15 is 0 Å². The van der Waals surface area contributed by atoms with E-state index in [0.717, 1.165) is 5.56 Å². The van der Waals surface area contributed by atoms with Crippen LogP contribution in [0.25, 0.3) is 0 Å². The van der Waals surface area contributed by atoms with Crippen LogP contribution in [0.1, 0.15) is 5.56 Å². The molecule has 2 aromatic rings. The molecule has 1 unspecified atom stereocenters. The summed E-state index contributed by atoms with van der Waals surface area (Å²) < 4.78 is 17.3. The van der Waals surface area contributed by atoms with Gasteiger partial charge < -0.3 is 11.1 Å². The van der Waals surface area contributed by atoms with Gasteiger partial charge in [0.2, 0.25) is 5.30 Å². The summed E-state index contributed by atoms with van der Waals surface area (Å²) in [6.07, 6.45) is 0. The number of primary amides is 1. The molecule has 5 nitrogen and oxygen atoms in total. The van der Waals surface area contributed by atoms with Gasteiger partial charge >= 0.3 is 14.1 Å². The third kappa shape index (κ3) is 4.16. The van der Waals surface area contributed by atoms with Crippen LogP contribution in [0.4, 0.5) is 10.5 Å². The van der Waals surface area contributed by atoms with E-state index in [4.69, 9.17) is 10.3 Å². The Bertz CT molecular complexity index is 600. The van der Waals surface area contributed by atoms with E-state index in [2.05, 4.69) is 5.32 Å². The maximum absolute atomic E-state index is 12.0. The molecule has 0 heterocycles. The number of rotatable bonds is 5. The summed E-state index contributed by atoms with van der Waals surface area (Å²) in [5, 5.41) is 2.99. The normalized spacial score (nSPS) is 10.9. The van der Waals surface area contributed by atoms with Crippen LogP contribution in [0.5, 0.6) is 0 Å². The fraction of sp³-hybridized carbons (Fsp3) is 0.0714. The zero-order chi connectivity index (χ0) is 14.4. The van der Waals surface area contributed by atoms with Gasteiger partial charge in [0.15, 0.2) is 0 Å². The Hall–Kier alpha value is -2.23. The van der Waals surface area contributed by atoms with Crippen LogP contribution in [0.2, 0.25) is 0 Å². The molecule has 0 aromatic heterocycles. The van der Waals surface area contributed by atoms with Gasteiger partial charge in [-0.3, -0.25) is 0 Å². The monoisotopic (exact) mass is 289 g/mol. The lowest BCUT2D eigenvalue weighted by Gasteiger charge is -1.99. The second-order valence-corrected chi connectivity index (χ2v) is 5.34. The summed E-state index contributed by atoms with van der Waals surface area (Å²) >= 11 is 0. The average molecular weight is 289 g/mol. The number of nitrogens with one attached hydrogen (secondary N) is 1. The SMILES string of the molecule is NC(=O)Nc1ccc([P+](=O)OCc2ccccc2)cc1. The highest BCUT2D eigenvalue weighted by atomic mass is 31.1. The van der Waals surface area contributed by atoms with E-state index < -0.39 is 14.1 Å². The lowest BCUT2D eigenvalue weighted by Crippen LogP contribution is -2.19. The number of benzene rings is 2. The van der Waals surface area contributed by atoms with Crippen LogP contribution in [0.15, 0.2) is 54.6 Å². The Morgan fingerprint density at radius 3 is 2.35 bits per heavy atom. The molecule has 0 saturated heterocycles. The first-order valence-corrected chi connectivity index (χ1v) is 7.13. The zero-order valence-electron chi connectivity index (χ0n) is 10.7. The van der Waals surface area contributed by atoms with Gasteiger partial charge in [0.05, 0.1) is 0 Å². The molecule has 2 aromatic carbocycles. The molecule has 0 saturated carbocycles. The van der Waals surface area contributed by atoms with Crippen molar-refractivity contribution in [2.75, 3.05) is 5.32 Å². The van der Waals surface area contributed by atoms with Crippen LogP contribution in [-0.2, 0) is 15.7 Å². The van der Waals surface area contributed by atoms with E-state index in [1.165, 1.54) is 0 Å². The lowest BCUT2D eigenvalue weighted by atomic mass is 10.2. The molecule has 0 aliphatic carbocycles. The zero-order valence-corrected chi connectivity index (χ0v) is 11.5. The summed E-state index contributed by atoms with van der Waals surface area (Å²) in [6, 6.07) is 15.4. The maximum Gasteiger partial charge on any atom is 0.549 e. The first-order valence-electron chi connectivity index (χ1n) is 5.96. The summed E-state index contributed by atoms with van der Waals surface area (Å²) in [5.41, 5.74) is 6.51. The van der Waals surface area contributed by atoms with Crippen molar-refractivity contribution in [3.8, 4) is 0 Å². The first-order chi connectivity index (χ1) is 9.65. The van der Waals surface area contributed by atoms with Crippen LogP contribution < -0.4 is 16.4 Å². The molecule has 1 atom stereocenters. The van der Waals surface area contributed by atoms with Crippen molar-refractivity contribution in [1.82, 2.24) is 0 Å². The number of anilines is 1. The molecule has 0 aliphatic heterocycles. The molecule has 102 valence electrons. The van der Waals surface area contributed by atoms with E-state index in [-0.39, 0.29) is 6.61 Å². The van der Waals surface area contributed by atoms with Crippen molar-refractivity contribution in [3.05, 3.63) is 60.2 Å². The van der Waals surface area contributed by atoms with Gasteiger partial charge in [-0.1, -0.05) is 30.3 Å². The van der Waals surface area contributed by atoms with E-state index in [9.17, 15) is 9.36 Å². The Labute approximate surface area is 117 Å². The molecular formula is C14H14N2O3P+. The highest BCUT2D eigenvalue weighted by molar-refractivity contribution is 7.48. The first kappa shape index (κ1) is 14.2. The van der Waals surface area contributed by atoms with Crippen molar-refractivity contribution < 1.29 is 13.9 Å². The van der Waals surface area contributed by atoms with Gasteiger partial charge in [-0.15, -0.1) is 4.52 Å². The van der Waals surface area contributed by atoms with Crippen molar-refractivity contribution in [3.63, 3.8) is 0 Å². The molecule has 2 rings (SSSR count). The third-order valence-corrected chi connectivity index (χ3v) is 3.62. The number of carbonyl (C=O) groups is 1. The van der Waals surface area contributed by atoms with Crippen LogP contribution in [0, 0.1) is 0 Å². The fourth-order valence-electron chi connectivity index (χ4n) is 1.59. The molecule has 0 aliphatic rings. The topological polar surface area (TPSA) is 81.4 Å². The minimum Gasteiger partial charge on any atom is -0.351 e. The highest BCUT2D eigenvalue weighted by Crippen LogP contribution is 2.24. The van der Waals surface area contributed by atoms with Gasteiger partial charge in [0, 0.05) is 5.69 Å². The Morgan fingerprint density at radius 1 is 1.10 bits per heavy atom. The van der Waals surface area contributed by atoms with Crippen molar-refractivity contribution in [2.45, 2.75) is 6.61 Å². The second-order valence-electron chi connectivity index (χ2n) is 4.05. The van der Waals surface area contributed by atoms with Crippen LogP contribution in [0.3, 0.4) is 0 Å². The number of hydrogen-bond donors (Lipinski definition) is 2. The van der Waals surface area contributed by atoms with Gasteiger partial charge in [-0.05, 0) is 34.4 Å². The van der Waals surface area contributed by atoms with Crippen LogP contribution in [-0.4, -0.2) is 6.03 Å². The predicted molar refractivity (Wildman–Crippen MR) is 78.1 cm³/mol. The van der Waals surface area contributed by atoms with Gasteiger partial charge in [0.1, 0.15) is 6.61 Å². The number of hydrogen-bond acceptors (Lipinski definition) is 3. The summed E-state index contributed by atoms with van der Waals surface area (Å²) in [5.74, 6) is 0. The van der Waals surface area contributed by atoms with Crippen molar-refractivity contribution in [2.24, 2.45) is 5.73 Å². The summed E-state index contributed by atoms with van der Waals surface area (Å²) in [6.45, 7) is 0.289. The number of nitrogens with two attached hydrogens (primary N) is 1. The predicted octanol–water partition coefficient (Wildman–Crippen LogP) is 2.76. The molecular weight excluding hydrogens is 275 g/mol. The smallest absolute Gasteiger partial charge is 0.351 e. The maximum atomic E-state index is 12.0. The van der Waals surface area contributed by atoms with E-state index in [1.807, 2.05) is 30.3 Å². The van der Waals surface area contributed by atoms with Crippen molar-refractivity contribution in [1.29, 1.82) is 0 Å². The molecule has 3 N–H and O–H groups in total. The Balaban J connectivity index is 1.94. The third-order valence-electron chi connectivity index (χ3n) is 2.54. The highest BCUT2D eigenvalue weighted by Gasteiger charge is 2.21. The number of carbonyl (C=O) groups excluding carboxylic acids is 1. The minimum absolute atomic E-state index is 0.289.